The smallest absolute Gasteiger partial charge is 0.0561 e. The Labute approximate surface area is 351 Å². The summed E-state index contributed by atoms with van der Waals surface area (Å²) in [5.41, 5.74) is 16.5. The zero-order valence-corrected chi connectivity index (χ0v) is 33.4. The Balaban J connectivity index is 1.13. The molecule has 2 aliphatic rings. The molecule has 60 heavy (non-hydrogen) atoms. The number of hydrogen-bond acceptors (Lipinski definition) is 2. The molecule has 0 fully saturated rings. The third-order valence-corrected chi connectivity index (χ3v) is 13.3. The zero-order valence-electron chi connectivity index (χ0n) is 33.4. The van der Waals surface area contributed by atoms with E-state index in [1.807, 2.05) is 0 Å². The Hall–Kier alpha value is -7.36. The first-order valence-electron chi connectivity index (χ1n) is 21.3. The second-order valence-corrected chi connectivity index (χ2v) is 16.4. The van der Waals surface area contributed by atoms with E-state index in [1.54, 1.807) is 0 Å². The number of benzene rings is 9. The Morgan fingerprint density at radius 1 is 0.367 bits per heavy atom. The molecule has 0 N–H and O–H groups in total. The molecule has 0 radical (unpaired) electrons. The molecule has 0 aliphatic heterocycles. The van der Waals surface area contributed by atoms with Crippen LogP contribution in [-0.4, -0.2) is 4.57 Å². The highest BCUT2D eigenvalue weighted by Crippen LogP contribution is 2.60. The first-order chi connectivity index (χ1) is 29.8. The number of rotatable bonds is 7. The summed E-state index contributed by atoms with van der Waals surface area (Å²) < 4.78 is 2.44. The van der Waals surface area contributed by atoms with Crippen molar-refractivity contribution in [1.82, 2.24) is 4.57 Å². The van der Waals surface area contributed by atoms with Gasteiger partial charge in [0.1, 0.15) is 0 Å². The molecule has 1 spiro atoms. The summed E-state index contributed by atoms with van der Waals surface area (Å²) in [4.78, 5) is 5.08. The van der Waals surface area contributed by atoms with E-state index in [1.165, 1.54) is 83.3 Å². The van der Waals surface area contributed by atoms with E-state index < -0.39 is 0 Å². The Morgan fingerprint density at radius 2 is 0.883 bits per heavy atom. The summed E-state index contributed by atoms with van der Waals surface area (Å²) in [6, 6.07) is 78.4. The van der Waals surface area contributed by atoms with Gasteiger partial charge in [-0.2, -0.15) is 0 Å². The van der Waals surface area contributed by atoms with E-state index in [2.05, 4.69) is 227 Å². The first-order valence-corrected chi connectivity index (χ1v) is 21.3. The Bertz CT molecular complexity index is 3170. The first kappa shape index (κ1) is 34.7. The maximum absolute atomic E-state index is 2.59. The molecule has 0 saturated heterocycles. The minimum atomic E-state index is -0.175. The normalized spacial score (nSPS) is 15.5. The van der Waals surface area contributed by atoms with Crippen LogP contribution in [0.4, 0.5) is 34.1 Å². The van der Waals surface area contributed by atoms with Gasteiger partial charge in [0.15, 0.2) is 0 Å². The molecule has 0 bridgehead atoms. The van der Waals surface area contributed by atoms with Crippen molar-refractivity contribution in [3.8, 4) is 5.69 Å². The van der Waals surface area contributed by atoms with Gasteiger partial charge in [0, 0.05) is 44.3 Å². The number of fused-ring (bicyclic) bond motifs is 8. The lowest BCUT2D eigenvalue weighted by atomic mass is 9.74. The molecule has 1 aromatic heterocycles. The van der Waals surface area contributed by atoms with Crippen molar-refractivity contribution in [2.75, 3.05) is 9.80 Å². The number of nitrogens with zero attached hydrogens (tertiary/aromatic N) is 3. The van der Waals surface area contributed by atoms with Crippen LogP contribution < -0.4 is 9.80 Å². The predicted molar refractivity (Wildman–Crippen MR) is 252 cm³/mol. The van der Waals surface area contributed by atoms with Crippen molar-refractivity contribution in [3.63, 3.8) is 0 Å². The van der Waals surface area contributed by atoms with Crippen LogP contribution >= 0.6 is 0 Å². The van der Waals surface area contributed by atoms with Gasteiger partial charge in [-0.1, -0.05) is 140 Å². The number of hydrogen-bond donors (Lipinski definition) is 0. The molecule has 0 amide bonds. The van der Waals surface area contributed by atoms with E-state index in [0.717, 1.165) is 37.1 Å². The largest absolute Gasteiger partial charge is 0.310 e. The lowest BCUT2D eigenvalue weighted by molar-refractivity contribution is 0.508. The standard InChI is InChI=1S/C57H43N3/c1-4-21-43(22-5-1)58(44-23-6-2-7-24-44)52-31-15-19-41-35-37-57(55(41)52)38-36-42-20-16-32-53(56(42)57)60(50-30-14-18-40-17-10-11-27-47(40)50)46-33-34-49-48-28-12-13-29-51(48)59(54(49)39-46)45-25-8-3-9-26-45/h1-34,39H,35-38H2/t57-/m1/s1. The third-order valence-electron chi connectivity index (χ3n) is 13.3. The fourth-order valence-electron chi connectivity index (χ4n) is 10.9. The molecule has 2 aliphatic carbocycles. The van der Waals surface area contributed by atoms with Crippen LogP contribution in [0, 0.1) is 0 Å². The maximum atomic E-state index is 2.59. The average Bonchev–Trinajstić information content (AvgIpc) is 4.00. The molecule has 286 valence electrons. The van der Waals surface area contributed by atoms with Crippen molar-refractivity contribution in [2.24, 2.45) is 0 Å². The predicted octanol–water partition coefficient (Wildman–Crippen LogP) is 15.1. The van der Waals surface area contributed by atoms with Crippen LogP contribution in [0.25, 0.3) is 38.3 Å². The summed E-state index contributed by atoms with van der Waals surface area (Å²) in [6.07, 6.45) is 4.24. The van der Waals surface area contributed by atoms with Crippen molar-refractivity contribution < 1.29 is 0 Å². The lowest BCUT2D eigenvalue weighted by Gasteiger charge is -2.37. The zero-order chi connectivity index (χ0) is 39.6. The minimum Gasteiger partial charge on any atom is -0.310 e. The molecule has 0 saturated carbocycles. The second kappa shape index (κ2) is 13.9. The van der Waals surface area contributed by atoms with Crippen LogP contribution in [0.2, 0.25) is 0 Å². The van der Waals surface area contributed by atoms with Gasteiger partial charge < -0.3 is 14.4 Å². The summed E-state index contributed by atoms with van der Waals surface area (Å²) in [5, 5.41) is 4.98. The lowest BCUT2D eigenvalue weighted by Crippen LogP contribution is -2.27. The van der Waals surface area contributed by atoms with Crippen LogP contribution in [-0.2, 0) is 18.3 Å². The van der Waals surface area contributed by atoms with Crippen LogP contribution in [0.15, 0.2) is 212 Å². The highest BCUT2D eigenvalue weighted by molar-refractivity contribution is 6.11. The van der Waals surface area contributed by atoms with Gasteiger partial charge in [0.05, 0.1) is 28.1 Å². The number of anilines is 6. The topological polar surface area (TPSA) is 11.4 Å². The van der Waals surface area contributed by atoms with Crippen LogP contribution in [0.5, 0.6) is 0 Å². The summed E-state index contributed by atoms with van der Waals surface area (Å²) in [7, 11) is 0. The van der Waals surface area contributed by atoms with Gasteiger partial charge in [0.2, 0.25) is 0 Å². The van der Waals surface area contributed by atoms with Gasteiger partial charge in [-0.05, 0) is 126 Å². The van der Waals surface area contributed by atoms with Crippen LogP contribution in [0.3, 0.4) is 0 Å². The molecule has 1 heterocycles. The van der Waals surface area contributed by atoms with Crippen LogP contribution in [0.1, 0.15) is 35.1 Å². The van der Waals surface area contributed by atoms with Crippen molar-refractivity contribution in [2.45, 2.75) is 31.1 Å². The molecule has 9 aromatic carbocycles. The van der Waals surface area contributed by atoms with Gasteiger partial charge in [0.25, 0.3) is 0 Å². The Kier molecular flexibility index (Phi) is 8.02. The van der Waals surface area contributed by atoms with E-state index >= 15 is 0 Å². The highest BCUT2D eigenvalue weighted by Gasteiger charge is 2.49. The second-order valence-electron chi connectivity index (χ2n) is 16.4. The fraction of sp³-hybridized carbons (Fsp3) is 0.0877. The van der Waals surface area contributed by atoms with E-state index in [4.69, 9.17) is 0 Å². The third kappa shape index (κ3) is 5.29. The molecule has 10 aromatic rings. The van der Waals surface area contributed by atoms with Gasteiger partial charge >= 0.3 is 0 Å². The number of aryl methyl sites for hydroxylation is 2. The summed E-state index contributed by atoms with van der Waals surface area (Å²) in [6.45, 7) is 0. The van der Waals surface area contributed by atoms with Gasteiger partial charge in [-0.15, -0.1) is 0 Å². The quantitative estimate of drug-likeness (QED) is 0.160. The van der Waals surface area contributed by atoms with E-state index in [0.29, 0.717) is 0 Å². The van der Waals surface area contributed by atoms with E-state index in [9.17, 15) is 0 Å². The molecule has 0 unspecified atom stereocenters. The highest BCUT2D eigenvalue weighted by atomic mass is 15.2. The number of para-hydroxylation sites is 4. The number of aromatic nitrogens is 1. The van der Waals surface area contributed by atoms with Gasteiger partial charge in [-0.3, -0.25) is 0 Å². The van der Waals surface area contributed by atoms with E-state index in [-0.39, 0.29) is 5.41 Å². The summed E-state index contributed by atoms with van der Waals surface area (Å²) in [5.74, 6) is 0. The maximum Gasteiger partial charge on any atom is 0.0561 e. The fourth-order valence-corrected chi connectivity index (χ4v) is 10.9. The average molecular weight is 770 g/mol. The monoisotopic (exact) mass is 769 g/mol. The molecule has 1 atom stereocenters. The molecule has 3 heteroatoms. The summed E-state index contributed by atoms with van der Waals surface area (Å²) >= 11 is 0. The Morgan fingerprint density at radius 3 is 1.57 bits per heavy atom. The van der Waals surface area contributed by atoms with Crippen molar-refractivity contribution >= 4 is 66.7 Å². The molecule has 12 rings (SSSR count). The molecular formula is C57H43N3. The molecule has 3 nitrogen and oxygen atoms in total. The SMILES string of the molecule is c1ccc(N(c2ccccc2)c2cccc3c2[C@@]2(CC3)CCc3cccc(N(c4ccc5c6ccccc6n(-c6ccccc6)c5c4)c4cccc5ccccc45)c32)cc1. The van der Waals surface area contributed by atoms with Crippen molar-refractivity contribution in [1.29, 1.82) is 0 Å². The minimum absolute atomic E-state index is 0.175. The molecular weight excluding hydrogens is 727 g/mol. The van der Waals surface area contributed by atoms with Gasteiger partial charge in [-0.25, -0.2) is 0 Å². The van der Waals surface area contributed by atoms with Crippen molar-refractivity contribution in [3.05, 3.63) is 235 Å².